The molecule has 0 radical (unpaired) electrons. The Morgan fingerprint density at radius 1 is 1.17 bits per heavy atom. The highest BCUT2D eigenvalue weighted by Crippen LogP contribution is 2.37. The smallest absolute Gasteiger partial charge is 0.341 e. The van der Waals surface area contributed by atoms with E-state index in [1.165, 1.54) is 30.2 Å². The fourth-order valence-electron chi connectivity index (χ4n) is 2.76. The molecule has 0 aliphatic carbocycles. The van der Waals surface area contributed by atoms with Gasteiger partial charge in [0.1, 0.15) is 10.6 Å². The van der Waals surface area contributed by atoms with E-state index in [2.05, 4.69) is 5.32 Å². The number of thiophene rings is 1. The average molecular weight is 427 g/mol. The van der Waals surface area contributed by atoms with Gasteiger partial charge in [-0.05, 0) is 37.6 Å². The van der Waals surface area contributed by atoms with Gasteiger partial charge in [-0.3, -0.25) is 4.79 Å². The summed E-state index contributed by atoms with van der Waals surface area (Å²) in [4.78, 5) is 26.1. The molecular formula is C22H22N2O3S2. The van der Waals surface area contributed by atoms with Gasteiger partial charge in [0.2, 0.25) is 5.91 Å². The normalized spacial score (nSPS) is 11.7. The van der Waals surface area contributed by atoms with Crippen LogP contribution in [-0.4, -0.2) is 24.2 Å². The van der Waals surface area contributed by atoms with Crippen LogP contribution < -0.4 is 11.1 Å². The molecule has 2 aromatic carbocycles. The highest BCUT2D eigenvalue weighted by molar-refractivity contribution is 8.00. The quantitative estimate of drug-likeness (QED) is 0.321. The molecule has 1 unspecified atom stereocenters. The van der Waals surface area contributed by atoms with Gasteiger partial charge in [-0.1, -0.05) is 35.9 Å². The number of amides is 1. The van der Waals surface area contributed by atoms with Crippen molar-refractivity contribution in [1.82, 2.24) is 0 Å². The Kier molecular flexibility index (Phi) is 6.61. The van der Waals surface area contributed by atoms with Gasteiger partial charge in [0.05, 0.1) is 12.4 Å². The van der Waals surface area contributed by atoms with Gasteiger partial charge in [-0.25, -0.2) is 4.79 Å². The summed E-state index contributed by atoms with van der Waals surface area (Å²) in [5.41, 5.74) is 9.60. The van der Waals surface area contributed by atoms with E-state index in [0.29, 0.717) is 16.3 Å². The Labute approximate surface area is 178 Å². The number of carbonyl (C=O) groups is 2. The topological polar surface area (TPSA) is 81.4 Å². The molecule has 150 valence electrons. The molecule has 0 aliphatic heterocycles. The summed E-state index contributed by atoms with van der Waals surface area (Å²) in [5.74, 6) is -0.673. The van der Waals surface area contributed by atoms with E-state index >= 15 is 0 Å². The lowest BCUT2D eigenvalue weighted by Gasteiger charge is -2.13. The minimum atomic E-state index is -0.478. The molecular weight excluding hydrogens is 404 g/mol. The van der Waals surface area contributed by atoms with Crippen LogP contribution in [0.5, 0.6) is 0 Å². The van der Waals surface area contributed by atoms with Gasteiger partial charge in [-0.2, -0.15) is 0 Å². The van der Waals surface area contributed by atoms with Crippen molar-refractivity contribution in [2.24, 2.45) is 0 Å². The van der Waals surface area contributed by atoms with Crippen molar-refractivity contribution in [3.8, 4) is 11.1 Å². The third-order valence-corrected chi connectivity index (χ3v) is 6.31. The summed E-state index contributed by atoms with van der Waals surface area (Å²) in [6, 6.07) is 15.3. The minimum Gasteiger partial charge on any atom is -0.465 e. The standard InChI is InChI=1S/C22H22N2O3S2/c1-13-7-9-15(10-8-13)18-12-28-21(19(18)22(26)27-3)24-20(25)14(2)29-17-6-4-5-16(23)11-17/h4-12,14H,23H2,1-3H3,(H,24,25). The number of benzene rings is 2. The van der Waals surface area contributed by atoms with Gasteiger partial charge in [0, 0.05) is 21.5 Å². The average Bonchev–Trinajstić information content (AvgIpc) is 3.11. The molecule has 0 aliphatic rings. The molecule has 3 aromatic rings. The number of thioether (sulfide) groups is 1. The predicted molar refractivity (Wildman–Crippen MR) is 121 cm³/mol. The van der Waals surface area contributed by atoms with Crippen LogP contribution in [-0.2, 0) is 9.53 Å². The second kappa shape index (κ2) is 9.15. The molecule has 1 aromatic heterocycles. The number of nitrogen functional groups attached to an aromatic ring is 1. The Hall–Kier alpha value is -2.77. The van der Waals surface area contributed by atoms with Crippen molar-refractivity contribution in [2.45, 2.75) is 24.0 Å². The molecule has 0 fully saturated rings. The second-order valence-corrected chi connectivity index (χ2v) is 8.83. The maximum absolute atomic E-state index is 12.7. The monoisotopic (exact) mass is 426 g/mol. The molecule has 1 amide bonds. The van der Waals surface area contributed by atoms with Crippen LogP contribution in [0, 0.1) is 6.92 Å². The summed E-state index contributed by atoms with van der Waals surface area (Å²) >= 11 is 2.72. The van der Waals surface area contributed by atoms with E-state index in [9.17, 15) is 9.59 Å². The minimum absolute atomic E-state index is 0.195. The van der Waals surface area contributed by atoms with E-state index in [1.807, 2.05) is 61.7 Å². The largest absolute Gasteiger partial charge is 0.465 e. The van der Waals surface area contributed by atoms with Crippen LogP contribution in [0.15, 0.2) is 58.8 Å². The van der Waals surface area contributed by atoms with Gasteiger partial charge in [0.15, 0.2) is 0 Å². The van der Waals surface area contributed by atoms with Crippen LogP contribution in [0.3, 0.4) is 0 Å². The Morgan fingerprint density at radius 3 is 2.55 bits per heavy atom. The molecule has 1 heterocycles. The number of anilines is 2. The number of hydrogen-bond acceptors (Lipinski definition) is 6. The first-order valence-corrected chi connectivity index (χ1v) is 10.7. The molecule has 5 nitrogen and oxygen atoms in total. The van der Waals surface area contributed by atoms with E-state index in [-0.39, 0.29) is 11.2 Å². The Morgan fingerprint density at radius 2 is 1.90 bits per heavy atom. The number of nitrogens with two attached hydrogens (primary N) is 1. The number of methoxy groups -OCH3 is 1. The second-order valence-electron chi connectivity index (χ2n) is 6.53. The first-order chi connectivity index (χ1) is 13.9. The number of nitrogens with one attached hydrogen (secondary N) is 1. The van der Waals surface area contributed by atoms with Crippen LogP contribution in [0.2, 0.25) is 0 Å². The van der Waals surface area contributed by atoms with Crippen LogP contribution >= 0.6 is 23.1 Å². The van der Waals surface area contributed by atoms with Gasteiger partial charge >= 0.3 is 5.97 Å². The Bertz CT molecular complexity index is 1030. The molecule has 1 atom stereocenters. The molecule has 0 spiro atoms. The van der Waals surface area contributed by atoms with Gasteiger partial charge < -0.3 is 15.8 Å². The number of aryl methyl sites for hydroxylation is 1. The zero-order chi connectivity index (χ0) is 21.0. The van der Waals surface area contributed by atoms with Crippen molar-refractivity contribution in [1.29, 1.82) is 0 Å². The molecule has 0 saturated carbocycles. The van der Waals surface area contributed by atoms with E-state index in [0.717, 1.165) is 21.6 Å². The predicted octanol–water partition coefficient (Wildman–Crippen LogP) is 5.21. The number of carbonyl (C=O) groups excluding carboxylic acids is 2. The summed E-state index contributed by atoms with van der Waals surface area (Å²) in [6.45, 7) is 3.82. The number of esters is 1. The van der Waals surface area contributed by atoms with Crippen molar-refractivity contribution in [3.05, 3.63) is 65.0 Å². The fraction of sp³-hybridized carbons (Fsp3) is 0.182. The van der Waals surface area contributed by atoms with Crippen LogP contribution in [0.4, 0.5) is 10.7 Å². The van der Waals surface area contributed by atoms with Crippen LogP contribution in [0.25, 0.3) is 11.1 Å². The van der Waals surface area contributed by atoms with Crippen molar-refractivity contribution in [3.63, 3.8) is 0 Å². The van der Waals surface area contributed by atoms with Gasteiger partial charge in [-0.15, -0.1) is 23.1 Å². The summed E-state index contributed by atoms with van der Waals surface area (Å²) in [5, 5.41) is 4.87. The lowest BCUT2D eigenvalue weighted by atomic mass is 10.0. The summed E-state index contributed by atoms with van der Waals surface area (Å²) in [7, 11) is 1.34. The fourth-order valence-corrected chi connectivity index (χ4v) is 4.65. The third-order valence-electron chi connectivity index (χ3n) is 4.32. The van der Waals surface area contributed by atoms with E-state index < -0.39 is 5.97 Å². The first-order valence-electron chi connectivity index (χ1n) is 8.99. The highest BCUT2D eigenvalue weighted by Gasteiger charge is 2.24. The molecule has 0 saturated heterocycles. The van der Waals surface area contributed by atoms with Crippen molar-refractivity contribution >= 4 is 45.7 Å². The zero-order valence-electron chi connectivity index (χ0n) is 16.4. The molecule has 3 N–H and O–H groups in total. The molecule has 3 rings (SSSR count). The summed E-state index contributed by atoms with van der Waals surface area (Å²) < 4.78 is 4.97. The molecule has 29 heavy (non-hydrogen) atoms. The number of ether oxygens (including phenoxy) is 1. The third kappa shape index (κ3) is 4.99. The Balaban J connectivity index is 1.83. The SMILES string of the molecule is COC(=O)c1c(-c2ccc(C)cc2)csc1NC(=O)C(C)Sc1cccc(N)c1. The highest BCUT2D eigenvalue weighted by atomic mass is 32.2. The van der Waals surface area contributed by atoms with Crippen molar-refractivity contribution in [2.75, 3.05) is 18.2 Å². The van der Waals surface area contributed by atoms with Crippen molar-refractivity contribution < 1.29 is 14.3 Å². The lowest BCUT2D eigenvalue weighted by molar-refractivity contribution is -0.115. The van der Waals surface area contributed by atoms with Crippen LogP contribution in [0.1, 0.15) is 22.8 Å². The maximum Gasteiger partial charge on any atom is 0.341 e. The maximum atomic E-state index is 12.7. The molecule has 7 heteroatoms. The number of hydrogen-bond donors (Lipinski definition) is 2. The number of rotatable bonds is 6. The molecule has 0 bridgehead atoms. The van der Waals surface area contributed by atoms with E-state index in [1.54, 1.807) is 6.07 Å². The van der Waals surface area contributed by atoms with Gasteiger partial charge in [0.25, 0.3) is 0 Å². The first kappa shape index (κ1) is 21.0. The zero-order valence-corrected chi connectivity index (χ0v) is 18.0. The van der Waals surface area contributed by atoms with E-state index in [4.69, 9.17) is 10.5 Å². The lowest BCUT2D eigenvalue weighted by Crippen LogP contribution is -2.23. The summed E-state index contributed by atoms with van der Waals surface area (Å²) in [6.07, 6.45) is 0.